The molecular formula is C24H50O. The second kappa shape index (κ2) is 11.6. The molecule has 1 nitrogen and oxygen atoms in total. The number of rotatable bonds is 14. The topological polar surface area (TPSA) is 9.23 Å². The van der Waals surface area contributed by atoms with Gasteiger partial charge < -0.3 is 4.74 Å². The third kappa shape index (κ3) is 11.3. The monoisotopic (exact) mass is 354 g/mol. The Hall–Kier alpha value is -0.0400. The molecule has 0 aromatic heterocycles. The van der Waals surface area contributed by atoms with Crippen LogP contribution in [0.15, 0.2) is 0 Å². The molecule has 0 aliphatic heterocycles. The summed E-state index contributed by atoms with van der Waals surface area (Å²) < 4.78 is 6.20. The van der Waals surface area contributed by atoms with Crippen LogP contribution in [0.4, 0.5) is 0 Å². The summed E-state index contributed by atoms with van der Waals surface area (Å²) in [4.78, 5) is 0. The van der Waals surface area contributed by atoms with E-state index in [2.05, 4.69) is 69.2 Å². The van der Waals surface area contributed by atoms with Crippen LogP contribution in [-0.4, -0.2) is 13.2 Å². The van der Waals surface area contributed by atoms with E-state index in [9.17, 15) is 0 Å². The molecule has 0 amide bonds. The van der Waals surface area contributed by atoms with Gasteiger partial charge in [0.15, 0.2) is 0 Å². The van der Waals surface area contributed by atoms with Crippen LogP contribution in [-0.2, 0) is 4.74 Å². The molecule has 4 atom stereocenters. The predicted molar refractivity (Wildman–Crippen MR) is 114 cm³/mol. The summed E-state index contributed by atoms with van der Waals surface area (Å²) in [6.07, 6.45) is 7.76. The zero-order valence-corrected chi connectivity index (χ0v) is 19.4. The van der Waals surface area contributed by atoms with E-state index in [0.717, 1.165) is 36.9 Å². The Morgan fingerprint density at radius 2 is 0.920 bits per heavy atom. The molecule has 0 aromatic carbocycles. The number of hydrogen-bond acceptors (Lipinski definition) is 1. The van der Waals surface area contributed by atoms with E-state index in [0.29, 0.717) is 10.8 Å². The summed E-state index contributed by atoms with van der Waals surface area (Å²) >= 11 is 0. The first-order chi connectivity index (χ1) is 11.4. The summed E-state index contributed by atoms with van der Waals surface area (Å²) in [5.41, 5.74) is 0.587. The van der Waals surface area contributed by atoms with Crippen molar-refractivity contribution in [2.45, 2.75) is 108 Å². The SMILES string of the molecule is CCC(C)C(C)CCC(C)(C)COCC(C)(C)CCC(C)C(C)CC. The molecule has 0 aliphatic carbocycles. The van der Waals surface area contributed by atoms with Gasteiger partial charge in [-0.15, -0.1) is 0 Å². The number of ether oxygens (including phenoxy) is 1. The van der Waals surface area contributed by atoms with Gasteiger partial charge in [-0.2, -0.15) is 0 Å². The fourth-order valence-electron chi connectivity index (χ4n) is 3.36. The summed E-state index contributed by atoms with van der Waals surface area (Å²) in [7, 11) is 0. The molecule has 0 heterocycles. The first-order valence-electron chi connectivity index (χ1n) is 11.0. The molecule has 0 bridgehead atoms. The molecule has 0 saturated carbocycles. The van der Waals surface area contributed by atoms with Crippen molar-refractivity contribution in [2.75, 3.05) is 13.2 Å². The molecule has 0 spiro atoms. The van der Waals surface area contributed by atoms with Gasteiger partial charge in [-0.3, -0.25) is 0 Å². The third-order valence-electron chi connectivity index (χ3n) is 6.77. The molecule has 0 N–H and O–H groups in total. The van der Waals surface area contributed by atoms with Gasteiger partial charge >= 0.3 is 0 Å². The lowest BCUT2D eigenvalue weighted by Crippen LogP contribution is -2.27. The van der Waals surface area contributed by atoms with Crippen LogP contribution in [0.5, 0.6) is 0 Å². The highest BCUT2D eigenvalue weighted by Gasteiger charge is 2.24. The fraction of sp³-hybridized carbons (Fsp3) is 1.00. The van der Waals surface area contributed by atoms with Crippen molar-refractivity contribution in [1.82, 2.24) is 0 Å². The molecule has 0 saturated heterocycles. The molecular weight excluding hydrogens is 304 g/mol. The quantitative estimate of drug-likeness (QED) is 0.307. The van der Waals surface area contributed by atoms with Crippen LogP contribution < -0.4 is 0 Å². The summed E-state index contributed by atoms with van der Waals surface area (Å²) in [5, 5.41) is 0. The summed E-state index contributed by atoms with van der Waals surface area (Å²) in [6.45, 7) is 25.5. The first kappa shape index (κ1) is 25.0. The average Bonchev–Trinajstić information content (AvgIpc) is 2.55. The smallest absolute Gasteiger partial charge is 0.0517 e. The van der Waals surface area contributed by atoms with Crippen LogP contribution in [0, 0.1) is 34.5 Å². The van der Waals surface area contributed by atoms with Gasteiger partial charge in [0.25, 0.3) is 0 Å². The van der Waals surface area contributed by atoms with E-state index >= 15 is 0 Å². The van der Waals surface area contributed by atoms with Crippen LogP contribution in [0.3, 0.4) is 0 Å². The summed E-state index contributed by atoms with van der Waals surface area (Å²) in [5.74, 6) is 3.32. The van der Waals surface area contributed by atoms with E-state index in [1.807, 2.05) is 0 Å². The number of hydrogen-bond donors (Lipinski definition) is 0. The van der Waals surface area contributed by atoms with Gasteiger partial charge in [0.05, 0.1) is 13.2 Å². The summed E-state index contributed by atoms with van der Waals surface area (Å²) in [6, 6.07) is 0. The highest BCUT2D eigenvalue weighted by molar-refractivity contribution is 4.74. The zero-order valence-electron chi connectivity index (χ0n) is 19.4. The van der Waals surface area contributed by atoms with Crippen molar-refractivity contribution in [2.24, 2.45) is 34.5 Å². The maximum absolute atomic E-state index is 6.20. The van der Waals surface area contributed by atoms with E-state index in [-0.39, 0.29) is 0 Å². The van der Waals surface area contributed by atoms with Crippen molar-refractivity contribution >= 4 is 0 Å². The van der Waals surface area contributed by atoms with Gasteiger partial charge in [0, 0.05) is 0 Å². The molecule has 0 radical (unpaired) electrons. The third-order valence-corrected chi connectivity index (χ3v) is 6.77. The highest BCUT2D eigenvalue weighted by atomic mass is 16.5. The molecule has 1 heteroatoms. The van der Waals surface area contributed by atoms with Crippen molar-refractivity contribution in [3.05, 3.63) is 0 Å². The molecule has 4 unspecified atom stereocenters. The van der Waals surface area contributed by atoms with Gasteiger partial charge in [-0.1, -0.05) is 82.1 Å². The Kier molecular flexibility index (Phi) is 11.6. The Bertz CT molecular complexity index is 299. The lowest BCUT2D eigenvalue weighted by Gasteiger charge is -2.31. The van der Waals surface area contributed by atoms with Gasteiger partial charge in [0.2, 0.25) is 0 Å². The van der Waals surface area contributed by atoms with Gasteiger partial charge in [-0.25, -0.2) is 0 Å². The molecule has 0 rings (SSSR count). The molecule has 0 aromatic rings. The normalized spacial score (nSPS) is 18.0. The minimum Gasteiger partial charge on any atom is -0.380 e. The van der Waals surface area contributed by atoms with Crippen molar-refractivity contribution in [3.63, 3.8) is 0 Å². The highest BCUT2D eigenvalue weighted by Crippen LogP contribution is 2.32. The first-order valence-corrected chi connectivity index (χ1v) is 11.0. The molecule has 152 valence electrons. The Morgan fingerprint density at radius 1 is 0.600 bits per heavy atom. The van der Waals surface area contributed by atoms with Crippen LogP contribution >= 0.6 is 0 Å². The molecule has 0 fully saturated rings. The van der Waals surface area contributed by atoms with E-state index in [1.165, 1.54) is 38.5 Å². The van der Waals surface area contributed by atoms with Gasteiger partial charge in [-0.05, 0) is 60.2 Å². The average molecular weight is 355 g/mol. The van der Waals surface area contributed by atoms with Crippen molar-refractivity contribution < 1.29 is 4.74 Å². The fourth-order valence-corrected chi connectivity index (χ4v) is 3.36. The van der Waals surface area contributed by atoms with Crippen LogP contribution in [0.2, 0.25) is 0 Å². The maximum atomic E-state index is 6.20. The van der Waals surface area contributed by atoms with Crippen molar-refractivity contribution in [3.8, 4) is 0 Å². The predicted octanol–water partition coefficient (Wildman–Crippen LogP) is 7.98. The largest absolute Gasteiger partial charge is 0.380 e. The van der Waals surface area contributed by atoms with Crippen LogP contribution in [0.1, 0.15) is 108 Å². The Balaban J connectivity index is 4.16. The van der Waals surface area contributed by atoms with Crippen LogP contribution in [0.25, 0.3) is 0 Å². The maximum Gasteiger partial charge on any atom is 0.0517 e. The molecule has 25 heavy (non-hydrogen) atoms. The minimum atomic E-state index is 0.293. The lowest BCUT2D eigenvalue weighted by molar-refractivity contribution is 0.00491. The Labute approximate surface area is 160 Å². The van der Waals surface area contributed by atoms with E-state index in [4.69, 9.17) is 4.74 Å². The van der Waals surface area contributed by atoms with Gasteiger partial charge in [0.1, 0.15) is 0 Å². The van der Waals surface area contributed by atoms with E-state index < -0.39 is 0 Å². The lowest BCUT2D eigenvalue weighted by atomic mass is 9.81. The standard InChI is InChI=1S/C24H50O/c1-11-19(3)21(5)13-15-23(7,8)17-25-18-24(9,10)16-14-22(6)20(4)12-2/h19-22H,11-18H2,1-10H3. The second-order valence-electron chi connectivity index (χ2n) is 10.6. The molecule has 0 aliphatic rings. The zero-order chi connectivity index (χ0) is 19.7. The second-order valence-corrected chi connectivity index (χ2v) is 10.6. The Morgan fingerprint density at radius 3 is 1.20 bits per heavy atom. The van der Waals surface area contributed by atoms with E-state index in [1.54, 1.807) is 0 Å². The van der Waals surface area contributed by atoms with Crippen molar-refractivity contribution in [1.29, 1.82) is 0 Å². The minimum absolute atomic E-state index is 0.293.